The van der Waals surface area contributed by atoms with E-state index in [0.717, 1.165) is 0 Å². The topological polar surface area (TPSA) is 0 Å². The Morgan fingerprint density at radius 3 is 1.60 bits per heavy atom. The van der Waals surface area contributed by atoms with Crippen LogP contribution in [-0.4, -0.2) is 0 Å². The summed E-state index contributed by atoms with van der Waals surface area (Å²) >= 11 is 0. The second-order valence-corrected chi connectivity index (χ2v) is 16.1. The van der Waals surface area contributed by atoms with Gasteiger partial charge in [0.1, 0.15) is 0 Å². The monoisotopic (exact) mass is 722 g/mol. The first-order chi connectivity index (χ1) is 28.0. The molecule has 0 aliphatic rings. The molecule has 0 spiro atoms. The van der Waals surface area contributed by atoms with Gasteiger partial charge in [0.15, 0.2) is 0 Å². The van der Waals surface area contributed by atoms with Gasteiger partial charge in [0.05, 0.1) is 0 Å². The van der Waals surface area contributed by atoms with Gasteiger partial charge >= 0.3 is 0 Å². The van der Waals surface area contributed by atoms with E-state index in [9.17, 15) is 0 Å². The molecular weight excluding hydrogens is 685 g/mol. The van der Waals surface area contributed by atoms with Crippen molar-refractivity contribution in [3.05, 3.63) is 193 Å². The molecule has 0 amide bonds. The van der Waals surface area contributed by atoms with Gasteiger partial charge in [0, 0.05) is 0 Å². The normalized spacial score (nSPS) is 12.1. The molecule has 0 unspecified atom stereocenters. The largest absolute Gasteiger partial charge is 0.0616 e. The maximum atomic E-state index is 2.46. The molecule has 266 valence electrons. The quantitative estimate of drug-likeness (QED) is 0.126. The third kappa shape index (κ3) is 4.50. The van der Waals surface area contributed by atoms with Crippen molar-refractivity contribution >= 4 is 86.2 Å². The summed E-state index contributed by atoms with van der Waals surface area (Å²) in [5.74, 6) is 0. The Kier molecular flexibility index (Phi) is 6.78. The fourth-order valence-electron chi connectivity index (χ4n) is 10.5. The molecule has 0 saturated heterocycles. The van der Waals surface area contributed by atoms with Crippen LogP contribution in [0.1, 0.15) is 16.7 Å². The van der Waals surface area contributed by atoms with Crippen molar-refractivity contribution in [2.24, 2.45) is 0 Å². The maximum absolute atomic E-state index is 2.46. The minimum atomic E-state index is 1.25. The van der Waals surface area contributed by atoms with Gasteiger partial charge in [-0.05, 0) is 163 Å². The molecule has 0 aliphatic heterocycles. The molecule has 0 radical (unpaired) electrons. The summed E-state index contributed by atoms with van der Waals surface area (Å²) in [6.45, 7) is 6.94. The highest BCUT2D eigenvalue weighted by molar-refractivity contribution is 6.42. The first kappa shape index (κ1) is 32.2. The van der Waals surface area contributed by atoms with Gasteiger partial charge < -0.3 is 0 Å². The average Bonchev–Trinajstić information content (AvgIpc) is 3.25. The summed E-state index contributed by atoms with van der Waals surface area (Å²) in [6, 6.07) is 66.0. The van der Waals surface area contributed by atoms with Gasteiger partial charge in [-0.15, -0.1) is 0 Å². The fourth-order valence-corrected chi connectivity index (χ4v) is 10.5. The molecule has 0 aromatic heterocycles. The number of hydrogen-bond acceptors (Lipinski definition) is 0. The van der Waals surface area contributed by atoms with Crippen molar-refractivity contribution in [3.63, 3.8) is 0 Å². The molecule has 0 heterocycles. The highest BCUT2D eigenvalue weighted by Gasteiger charge is 2.25. The van der Waals surface area contributed by atoms with Crippen molar-refractivity contribution in [1.29, 1.82) is 0 Å². The lowest BCUT2D eigenvalue weighted by atomic mass is 9.79. The van der Waals surface area contributed by atoms with E-state index in [1.54, 1.807) is 0 Å². The maximum Gasteiger partial charge on any atom is -0.00110 e. The molecule has 0 bridgehead atoms. The van der Waals surface area contributed by atoms with E-state index in [2.05, 4.69) is 197 Å². The van der Waals surface area contributed by atoms with Gasteiger partial charge in [-0.1, -0.05) is 170 Å². The Labute approximate surface area is 331 Å². The molecule has 12 aromatic rings. The van der Waals surface area contributed by atoms with E-state index in [1.165, 1.54) is 136 Å². The van der Waals surface area contributed by atoms with Crippen molar-refractivity contribution in [2.45, 2.75) is 20.8 Å². The van der Waals surface area contributed by atoms with Crippen LogP contribution >= 0.6 is 0 Å². The van der Waals surface area contributed by atoms with Crippen LogP contribution in [0.15, 0.2) is 176 Å². The molecule has 0 nitrogen and oxygen atoms in total. The predicted molar refractivity (Wildman–Crippen MR) is 248 cm³/mol. The lowest BCUT2D eigenvalue weighted by molar-refractivity contribution is 1.47. The van der Waals surface area contributed by atoms with E-state index in [-0.39, 0.29) is 0 Å². The van der Waals surface area contributed by atoms with E-state index in [1.807, 2.05) is 0 Å². The van der Waals surface area contributed by atoms with Gasteiger partial charge in [0.25, 0.3) is 0 Å². The van der Waals surface area contributed by atoms with Crippen LogP contribution in [0.3, 0.4) is 0 Å². The third-order valence-corrected chi connectivity index (χ3v) is 12.9. The van der Waals surface area contributed by atoms with Crippen LogP contribution in [0.2, 0.25) is 0 Å². The summed E-state index contributed by atoms with van der Waals surface area (Å²) in [5.41, 5.74) is 11.7. The van der Waals surface area contributed by atoms with Crippen LogP contribution < -0.4 is 0 Å². The highest BCUT2D eigenvalue weighted by atomic mass is 14.3. The molecule has 0 aliphatic carbocycles. The molecule has 12 aromatic carbocycles. The molecule has 0 atom stereocenters. The molecule has 0 saturated carbocycles. The summed E-state index contributed by atoms with van der Waals surface area (Å²) in [6.07, 6.45) is 0. The van der Waals surface area contributed by atoms with Gasteiger partial charge in [-0.3, -0.25) is 0 Å². The number of benzene rings is 12. The zero-order valence-electron chi connectivity index (χ0n) is 32.2. The number of fused-ring (bicyclic) bond motifs is 7. The number of rotatable bonds is 3. The van der Waals surface area contributed by atoms with Gasteiger partial charge in [-0.2, -0.15) is 0 Å². The number of aryl methyl sites for hydroxylation is 3. The third-order valence-electron chi connectivity index (χ3n) is 12.9. The van der Waals surface area contributed by atoms with E-state index < -0.39 is 0 Å². The zero-order chi connectivity index (χ0) is 37.9. The highest BCUT2D eigenvalue weighted by Crippen LogP contribution is 2.52. The van der Waals surface area contributed by atoms with Crippen molar-refractivity contribution < 1.29 is 0 Å². The van der Waals surface area contributed by atoms with Gasteiger partial charge in [0.2, 0.25) is 0 Å². The van der Waals surface area contributed by atoms with Gasteiger partial charge in [-0.25, -0.2) is 0 Å². The van der Waals surface area contributed by atoms with Crippen LogP contribution in [-0.2, 0) is 0 Å². The Morgan fingerprint density at radius 1 is 0.246 bits per heavy atom. The first-order valence-electron chi connectivity index (χ1n) is 20.1. The Balaban J connectivity index is 1.23. The molecule has 57 heavy (non-hydrogen) atoms. The smallest absolute Gasteiger partial charge is 0.00110 e. The standard InChI is InChI=1S/C57H38/c1-33-14-10-23-46-49(39-29-28-36-15-4-5-17-38(36)32-39)30-34(2)52(51(33)46)55-42-20-8-9-21-45(42)57-53-35(3)31-50(41-22-11-18-37-16-6-7-19-40(37)41)47-26-12-24-43(54(47)53)44-25-13-27-48(55)56(44)57/h4-32H,1-3H3. The van der Waals surface area contributed by atoms with Crippen LogP contribution in [0, 0.1) is 20.8 Å². The summed E-state index contributed by atoms with van der Waals surface area (Å²) in [4.78, 5) is 0. The lowest BCUT2D eigenvalue weighted by Crippen LogP contribution is -1.97. The molecule has 0 heteroatoms. The summed E-state index contributed by atoms with van der Waals surface area (Å²) in [5, 5.41) is 21.0. The summed E-state index contributed by atoms with van der Waals surface area (Å²) in [7, 11) is 0. The minimum absolute atomic E-state index is 1.25. The second kappa shape index (κ2) is 12.0. The van der Waals surface area contributed by atoms with E-state index in [4.69, 9.17) is 0 Å². The van der Waals surface area contributed by atoms with Crippen molar-refractivity contribution in [2.75, 3.05) is 0 Å². The first-order valence-corrected chi connectivity index (χ1v) is 20.1. The Morgan fingerprint density at radius 2 is 0.789 bits per heavy atom. The second-order valence-electron chi connectivity index (χ2n) is 16.1. The van der Waals surface area contributed by atoms with E-state index >= 15 is 0 Å². The zero-order valence-corrected chi connectivity index (χ0v) is 32.2. The SMILES string of the molecule is Cc1cc(-c2ccc3ccccc3c2)c2cccc(C)c2c1-c1c2ccccc2c2c3c(C)cc(-c4cccc5ccccc45)c4cccc(c5cccc1c52)c43. The fraction of sp³-hybridized carbons (Fsp3) is 0.0526. The minimum Gasteiger partial charge on any atom is -0.0616 e. The van der Waals surface area contributed by atoms with E-state index in [0.29, 0.717) is 0 Å². The number of hydrogen-bond donors (Lipinski definition) is 0. The van der Waals surface area contributed by atoms with Crippen molar-refractivity contribution in [3.8, 4) is 33.4 Å². The van der Waals surface area contributed by atoms with Crippen LogP contribution in [0.5, 0.6) is 0 Å². The lowest BCUT2D eigenvalue weighted by Gasteiger charge is -2.24. The van der Waals surface area contributed by atoms with Crippen molar-refractivity contribution in [1.82, 2.24) is 0 Å². The van der Waals surface area contributed by atoms with Crippen LogP contribution in [0.4, 0.5) is 0 Å². The Hall–Kier alpha value is -7.02. The Bertz CT molecular complexity index is 3650. The predicted octanol–water partition coefficient (Wildman–Crippen LogP) is 16.3. The summed E-state index contributed by atoms with van der Waals surface area (Å²) < 4.78 is 0. The average molecular weight is 723 g/mol. The molecule has 0 fully saturated rings. The van der Waals surface area contributed by atoms with Crippen LogP contribution in [0.25, 0.3) is 120 Å². The molecule has 0 N–H and O–H groups in total. The molecular formula is C57H38. The molecule has 12 rings (SSSR count).